The summed E-state index contributed by atoms with van der Waals surface area (Å²) in [5.41, 5.74) is -0.872. The minimum absolute atomic E-state index is 0.123. The minimum Gasteiger partial charge on any atom is -0.356 e. The topological polar surface area (TPSA) is 78.5 Å². The number of hydrogen-bond acceptors (Lipinski definition) is 3. The second kappa shape index (κ2) is 6.72. The van der Waals surface area contributed by atoms with Crippen LogP contribution in [0.2, 0.25) is 0 Å². The van der Waals surface area contributed by atoms with E-state index in [0.717, 1.165) is 17.7 Å². The third-order valence-electron chi connectivity index (χ3n) is 3.75. The third kappa shape index (κ3) is 3.95. The van der Waals surface area contributed by atoms with E-state index in [0.29, 0.717) is 12.5 Å². The average molecular weight is 283 g/mol. The first kappa shape index (κ1) is 16.5. The predicted molar refractivity (Wildman–Crippen MR) is 76.0 cm³/mol. The monoisotopic (exact) mass is 283 g/mol. The number of nitrogens with zero attached hydrogens (tertiary/aromatic N) is 1. The molecular weight excluding hydrogens is 258 g/mol. The zero-order valence-corrected chi connectivity index (χ0v) is 12.8. The highest BCUT2D eigenvalue weighted by Gasteiger charge is 2.43. The van der Waals surface area contributed by atoms with Crippen LogP contribution in [0.25, 0.3) is 0 Å². The van der Waals surface area contributed by atoms with Crippen molar-refractivity contribution >= 4 is 17.8 Å². The first-order valence-corrected chi connectivity index (χ1v) is 7.22. The normalized spacial score (nSPS) is 17.6. The van der Waals surface area contributed by atoms with Gasteiger partial charge in [0.1, 0.15) is 5.54 Å². The standard InChI is InChI=1S/C14H25N3O3/c1-5-10(6-2)9-15-11(18)7-8-17-12(19)14(3,4)16-13(17)20/h10H,5-9H2,1-4H3,(H,15,18)(H,16,20). The van der Waals surface area contributed by atoms with Crippen LogP contribution in [0.1, 0.15) is 47.0 Å². The zero-order chi connectivity index (χ0) is 15.3. The van der Waals surface area contributed by atoms with Gasteiger partial charge in [0.25, 0.3) is 5.91 Å². The van der Waals surface area contributed by atoms with E-state index in [1.165, 1.54) is 0 Å². The average Bonchev–Trinajstić information content (AvgIpc) is 2.58. The Morgan fingerprint density at radius 3 is 2.35 bits per heavy atom. The van der Waals surface area contributed by atoms with E-state index in [2.05, 4.69) is 24.5 Å². The summed E-state index contributed by atoms with van der Waals surface area (Å²) in [5, 5.41) is 5.44. The number of amides is 4. The number of carbonyl (C=O) groups is 3. The Kier molecular flexibility index (Phi) is 5.53. The van der Waals surface area contributed by atoms with Crippen molar-refractivity contribution < 1.29 is 14.4 Å². The molecule has 0 bridgehead atoms. The van der Waals surface area contributed by atoms with Crippen molar-refractivity contribution in [3.63, 3.8) is 0 Å². The van der Waals surface area contributed by atoms with Crippen LogP contribution in [0, 0.1) is 5.92 Å². The maximum atomic E-state index is 11.9. The lowest BCUT2D eigenvalue weighted by Gasteiger charge is -2.16. The van der Waals surface area contributed by atoms with Gasteiger partial charge in [0.15, 0.2) is 0 Å². The molecule has 6 nitrogen and oxygen atoms in total. The molecule has 0 radical (unpaired) electrons. The van der Waals surface area contributed by atoms with Crippen LogP contribution in [-0.2, 0) is 9.59 Å². The maximum absolute atomic E-state index is 11.9. The lowest BCUT2D eigenvalue weighted by molar-refractivity contribution is -0.130. The highest BCUT2D eigenvalue weighted by atomic mass is 16.2. The summed E-state index contributed by atoms with van der Waals surface area (Å²) < 4.78 is 0. The van der Waals surface area contributed by atoms with Gasteiger partial charge in [-0.05, 0) is 19.8 Å². The molecule has 1 aliphatic heterocycles. The van der Waals surface area contributed by atoms with E-state index in [-0.39, 0.29) is 24.8 Å². The fourth-order valence-corrected chi connectivity index (χ4v) is 2.16. The molecule has 1 rings (SSSR count). The Bertz CT molecular complexity index is 389. The molecule has 1 fully saturated rings. The molecule has 0 aromatic rings. The number of urea groups is 1. The van der Waals surface area contributed by atoms with Gasteiger partial charge in [-0.3, -0.25) is 14.5 Å². The molecular formula is C14H25N3O3. The number of rotatable bonds is 7. The molecule has 114 valence electrons. The summed E-state index contributed by atoms with van der Waals surface area (Å²) in [4.78, 5) is 36.4. The van der Waals surface area contributed by atoms with E-state index >= 15 is 0 Å². The highest BCUT2D eigenvalue weighted by molar-refractivity contribution is 6.06. The highest BCUT2D eigenvalue weighted by Crippen LogP contribution is 2.16. The molecule has 4 amide bonds. The number of nitrogens with one attached hydrogen (secondary N) is 2. The second-order valence-corrected chi connectivity index (χ2v) is 5.75. The van der Waals surface area contributed by atoms with E-state index in [1.807, 2.05) is 0 Å². The fourth-order valence-electron chi connectivity index (χ4n) is 2.16. The number of carbonyl (C=O) groups excluding carboxylic acids is 3. The van der Waals surface area contributed by atoms with Crippen molar-refractivity contribution in [1.82, 2.24) is 15.5 Å². The van der Waals surface area contributed by atoms with E-state index in [9.17, 15) is 14.4 Å². The van der Waals surface area contributed by atoms with Crippen LogP contribution in [0.5, 0.6) is 0 Å². The Morgan fingerprint density at radius 2 is 1.90 bits per heavy atom. The smallest absolute Gasteiger partial charge is 0.325 e. The summed E-state index contributed by atoms with van der Waals surface area (Å²) in [6.45, 7) is 8.27. The summed E-state index contributed by atoms with van der Waals surface area (Å²) in [7, 11) is 0. The van der Waals surface area contributed by atoms with Gasteiger partial charge in [0.2, 0.25) is 5.91 Å². The molecule has 0 spiro atoms. The number of hydrogen-bond donors (Lipinski definition) is 2. The molecule has 0 atom stereocenters. The van der Waals surface area contributed by atoms with Crippen molar-refractivity contribution in [2.45, 2.75) is 52.5 Å². The van der Waals surface area contributed by atoms with Crippen molar-refractivity contribution in [2.24, 2.45) is 5.92 Å². The predicted octanol–water partition coefficient (Wildman–Crippen LogP) is 1.26. The molecule has 0 unspecified atom stereocenters. The van der Waals surface area contributed by atoms with Gasteiger partial charge < -0.3 is 10.6 Å². The second-order valence-electron chi connectivity index (χ2n) is 5.75. The molecule has 0 saturated carbocycles. The SMILES string of the molecule is CCC(CC)CNC(=O)CCN1C(=O)NC(C)(C)C1=O. The third-order valence-corrected chi connectivity index (χ3v) is 3.75. The van der Waals surface area contributed by atoms with Gasteiger partial charge in [0, 0.05) is 19.5 Å². The molecule has 0 aromatic carbocycles. The van der Waals surface area contributed by atoms with Gasteiger partial charge >= 0.3 is 6.03 Å². The molecule has 6 heteroatoms. The van der Waals surface area contributed by atoms with Crippen molar-refractivity contribution in [3.05, 3.63) is 0 Å². The van der Waals surface area contributed by atoms with Crippen molar-refractivity contribution in [2.75, 3.05) is 13.1 Å². The van der Waals surface area contributed by atoms with Gasteiger partial charge in [0.05, 0.1) is 0 Å². The summed E-state index contributed by atoms with van der Waals surface area (Å²) in [6, 6.07) is -0.423. The molecule has 0 aliphatic carbocycles. The summed E-state index contributed by atoms with van der Waals surface area (Å²) in [5.74, 6) is 0.0760. The maximum Gasteiger partial charge on any atom is 0.325 e. The quantitative estimate of drug-likeness (QED) is 0.690. The van der Waals surface area contributed by atoms with Crippen LogP contribution in [0.4, 0.5) is 4.79 Å². The first-order chi connectivity index (χ1) is 9.31. The van der Waals surface area contributed by atoms with Crippen LogP contribution in [0.15, 0.2) is 0 Å². The van der Waals surface area contributed by atoms with E-state index < -0.39 is 11.6 Å². The molecule has 0 aromatic heterocycles. The summed E-state index contributed by atoms with van der Waals surface area (Å²) >= 11 is 0. The molecule has 1 aliphatic rings. The van der Waals surface area contributed by atoms with Crippen LogP contribution >= 0.6 is 0 Å². The Balaban J connectivity index is 2.38. The molecule has 1 heterocycles. The van der Waals surface area contributed by atoms with Gasteiger partial charge in [-0.25, -0.2) is 4.79 Å². The van der Waals surface area contributed by atoms with Gasteiger partial charge in [-0.15, -0.1) is 0 Å². The zero-order valence-electron chi connectivity index (χ0n) is 12.8. The first-order valence-electron chi connectivity index (χ1n) is 7.22. The number of imide groups is 1. The Labute approximate surface area is 120 Å². The van der Waals surface area contributed by atoms with Gasteiger partial charge in [-0.2, -0.15) is 0 Å². The van der Waals surface area contributed by atoms with E-state index in [1.54, 1.807) is 13.8 Å². The minimum atomic E-state index is -0.872. The van der Waals surface area contributed by atoms with Crippen molar-refractivity contribution in [1.29, 1.82) is 0 Å². The lowest BCUT2D eigenvalue weighted by Crippen LogP contribution is -2.40. The van der Waals surface area contributed by atoms with E-state index in [4.69, 9.17) is 0 Å². The molecule has 20 heavy (non-hydrogen) atoms. The Morgan fingerprint density at radius 1 is 1.30 bits per heavy atom. The van der Waals surface area contributed by atoms with Crippen LogP contribution in [-0.4, -0.2) is 41.4 Å². The molecule has 2 N–H and O–H groups in total. The summed E-state index contributed by atoms with van der Waals surface area (Å²) in [6.07, 6.45) is 2.20. The fraction of sp³-hybridized carbons (Fsp3) is 0.786. The molecule has 1 saturated heterocycles. The van der Waals surface area contributed by atoms with Crippen molar-refractivity contribution in [3.8, 4) is 0 Å². The largest absolute Gasteiger partial charge is 0.356 e. The van der Waals surface area contributed by atoms with Crippen LogP contribution in [0.3, 0.4) is 0 Å². The Hall–Kier alpha value is -1.59. The lowest BCUT2D eigenvalue weighted by atomic mass is 10.0. The van der Waals surface area contributed by atoms with Crippen LogP contribution < -0.4 is 10.6 Å². The van der Waals surface area contributed by atoms with Gasteiger partial charge in [-0.1, -0.05) is 26.7 Å².